The fraction of sp³-hybridized carbons (Fsp3) is 0.158. The maximum Gasteiger partial charge on any atom is 0.226 e. The number of rotatable bonds is 6. The molecule has 3 aromatic rings. The van der Waals surface area contributed by atoms with E-state index in [9.17, 15) is 13.6 Å². The number of nitrogens with zero attached hydrogens (tertiary/aromatic N) is 1. The van der Waals surface area contributed by atoms with Gasteiger partial charge in [-0.05, 0) is 36.2 Å². The zero-order valence-electron chi connectivity index (χ0n) is 14.0. The third-order valence-electron chi connectivity index (χ3n) is 3.77. The maximum absolute atomic E-state index is 13.8. The molecule has 1 heterocycles. The summed E-state index contributed by atoms with van der Waals surface area (Å²) in [5, 5.41) is 4.60. The fourth-order valence-corrected chi connectivity index (χ4v) is 3.21. The van der Waals surface area contributed by atoms with Gasteiger partial charge in [-0.15, -0.1) is 11.3 Å². The SMILES string of the molecule is COc1ccccc1CCC(=O)Nc1nc(-c2cc(F)ccc2F)cs1. The van der Waals surface area contributed by atoms with Crippen molar-refractivity contribution in [2.45, 2.75) is 12.8 Å². The molecule has 26 heavy (non-hydrogen) atoms. The molecule has 0 aliphatic carbocycles. The number of anilines is 1. The van der Waals surface area contributed by atoms with Crippen molar-refractivity contribution in [3.8, 4) is 17.0 Å². The molecule has 1 aromatic heterocycles. The van der Waals surface area contributed by atoms with E-state index in [1.165, 1.54) is 0 Å². The first kappa shape index (κ1) is 18.0. The van der Waals surface area contributed by atoms with Gasteiger partial charge in [0, 0.05) is 17.4 Å². The number of aryl methyl sites for hydroxylation is 1. The Morgan fingerprint density at radius 3 is 2.85 bits per heavy atom. The molecule has 0 aliphatic heterocycles. The summed E-state index contributed by atoms with van der Waals surface area (Å²) in [5.74, 6) is -0.586. The highest BCUT2D eigenvalue weighted by atomic mass is 32.1. The highest BCUT2D eigenvalue weighted by molar-refractivity contribution is 7.14. The second kappa shape index (κ2) is 8.05. The summed E-state index contributed by atoms with van der Waals surface area (Å²) in [7, 11) is 1.58. The van der Waals surface area contributed by atoms with Crippen LogP contribution in [0, 0.1) is 11.6 Å². The van der Waals surface area contributed by atoms with Crippen molar-refractivity contribution in [3.63, 3.8) is 0 Å². The Kier molecular flexibility index (Phi) is 5.58. The van der Waals surface area contributed by atoms with E-state index in [0.717, 1.165) is 40.8 Å². The predicted octanol–water partition coefficient (Wildman–Crippen LogP) is 4.67. The van der Waals surface area contributed by atoms with Gasteiger partial charge >= 0.3 is 0 Å². The average Bonchev–Trinajstić information content (AvgIpc) is 3.10. The highest BCUT2D eigenvalue weighted by Gasteiger charge is 2.13. The first-order chi connectivity index (χ1) is 12.6. The summed E-state index contributed by atoms with van der Waals surface area (Å²) in [6.07, 6.45) is 0.774. The quantitative estimate of drug-likeness (QED) is 0.682. The third-order valence-corrected chi connectivity index (χ3v) is 4.53. The molecule has 0 saturated carbocycles. The molecular formula is C19H16F2N2O2S. The lowest BCUT2D eigenvalue weighted by molar-refractivity contribution is -0.116. The number of thiazole rings is 1. The number of para-hydroxylation sites is 1. The molecule has 3 rings (SSSR count). The number of benzene rings is 2. The van der Waals surface area contributed by atoms with E-state index in [2.05, 4.69) is 10.3 Å². The molecule has 0 saturated heterocycles. The summed E-state index contributed by atoms with van der Waals surface area (Å²) in [6, 6.07) is 10.7. The van der Waals surface area contributed by atoms with E-state index >= 15 is 0 Å². The van der Waals surface area contributed by atoms with Crippen LogP contribution in [-0.4, -0.2) is 18.0 Å². The minimum Gasteiger partial charge on any atom is -0.496 e. The zero-order valence-corrected chi connectivity index (χ0v) is 14.8. The largest absolute Gasteiger partial charge is 0.496 e. The third kappa shape index (κ3) is 4.23. The lowest BCUT2D eigenvalue weighted by Gasteiger charge is -2.07. The van der Waals surface area contributed by atoms with Crippen molar-refractivity contribution in [2.75, 3.05) is 12.4 Å². The van der Waals surface area contributed by atoms with Crippen LogP contribution in [0.25, 0.3) is 11.3 Å². The van der Waals surface area contributed by atoms with Gasteiger partial charge in [-0.2, -0.15) is 0 Å². The van der Waals surface area contributed by atoms with Crippen LogP contribution in [0.1, 0.15) is 12.0 Å². The maximum atomic E-state index is 13.8. The van der Waals surface area contributed by atoms with Gasteiger partial charge in [0.25, 0.3) is 0 Å². The molecule has 0 radical (unpaired) electrons. The van der Waals surface area contributed by atoms with Gasteiger partial charge in [0.2, 0.25) is 5.91 Å². The van der Waals surface area contributed by atoms with Gasteiger partial charge in [0.1, 0.15) is 17.4 Å². The molecule has 0 atom stereocenters. The van der Waals surface area contributed by atoms with Gasteiger partial charge in [0.05, 0.1) is 12.8 Å². The van der Waals surface area contributed by atoms with Crippen LogP contribution in [-0.2, 0) is 11.2 Å². The summed E-state index contributed by atoms with van der Waals surface area (Å²) >= 11 is 1.16. The lowest BCUT2D eigenvalue weighted by atomic mass is 10.1. The molecule has 0 fully saturated rings. The number of aromatic nitrogens is 1. The van der Waals surface area contributed by atoms with Gasteiger partial charge in [-0.3, -0.25) is 4.79 Å². The Bertz CT molecular complexity index is 927. The van der Waals surface area contributed by atoms with E-state index in [-0.39, 0.29) is 23.6 Å². The number of methoxy groups -OCH3 is 1. The van der Waals surface area contributed by atoms with Crippen molar-refractivity contribution in [3.05, 3.63) is 65.0 Å². The molecular weight excluding hydrogens is 358 g/mol. The molecule has 7 heteroatoms. The number of halogens is 2. The van der Waals surface area contributed by atoms with E-state index < -0.39 is 11.6 Å². The van der Waals surface area contributed by atoms with Gasteiger partial charge in [0.15, 0.2) is 5.13 Å². The average molecular weight is 374 g/mol. The highest BCUT2D eigenvalue weighted by Crippen LogP contribution is 2.28. The molecule has 0 bridgehead atoms. The number of ether oxygens (including phenoxy) is 1. The number of carbonyl (C=O) groups excluding carboxylic acids is 1. The molecule has 1 amide bonds. The summed E-state index contributed by atoms with van der Waals surface area (Å²) in [5.41, 5.74) is 1.29. The van der Waals surface area contributed by atoms with Gasteiger partial charge in [-0.25, -0.2) is 13.8 Å². The summed E-state index contributed by atoms with van der Waals surface area (Å²) in [6.45, 7) is 0. The van der Waals surface area contributed by atoms with Crippen molar-refractivity contribution in [1.29, 1.82) is 0 Å². The van der Waals surface area contributed by atoms with E-state index in [0.29, 0.717) is 11.6 Å². The van der Waals surface area contributed by atoms with Crippen LogP contribution < -0.4 is 10.1 Å². The molecule has 2 aromatic carbocycles. The van der Waals surface area contributed by atoms with Crippen LogP contribution in [0.2, 0.25) is 0 Å². The number of hydrogen-bond donors (Lipinski definition) is 1. The van der Waals surface area contributed by atoms with Gasteiger partial charge < -0.3 is 10.1 Å². The standard InChI is InChI=1S/C19H16F2N2O2S/c1-25-17-5-3-2-4-12(17)6-9-18(24)23-19-22-16(11-26-19)14-10-13(20)7-8-15(14)21/h2-5,7-8,10-11H,6,9H2,1H3,(H,22,23,24). The second-order valence-corrected chi connectivity index (χ2v) is 6.38. The Morgan fingerprint density at radius 1 is 1.23 bits per heavy atom. The van der Waals surface area contributed by atoms with E-state index in [1.54, 1.807) is 12.5 Å². The van der Waals surface area contributed by atoms with Gasteiger partial charge in [-0.1, -0.05) is 18.2 Å². The predicted molar refractivity (Wildman–Crippen MR) is 97.4 cm³/mol. The van der Waals surface area contributed by atoms with Crippen LogP contribution in [0.3, 0.4) is 0 Å². The van der Waals surface area contributed by atoms with Crippen molar-refractivity contribution < 1.29 is 18.3 Å². The molecule has 134 valence electrons. The van der Waals surface area contributed by atoms with Crippen molar-refractivity contribution >= 4 is 22.4 Å². The van der Waals surface area contributed by atoms with Crippen molar-refractivity contribution in [2.24, 2.45) is 0 Å². The number of nitrogens with one attached hydrogen (secondary N) is 1. The molecule has 0 spiro atoms. The summed E-state index contributed by atoms with van der Waals surface area (Å²) in [4.78, 5) is 16.3. The van der Waals surface area contributed by atoms with Crippen LogP contribution in [0.15, 0.2) is 47.8 Å². The second-order valence-electron chi connectivity index (χ2n) is 5.52. The van der Waals surface area contributed by atoms with Crippen LogP contribution in [0.4, 0.5) is 13.9 Å². The molecule has 0 aliphatic rings. The Morgan fingerprint density at radius 2 is 2.04 bits per heavy atom. The monoisotopic (exact) mass is 374 g/mol. The minimum absolute atomic E-state index is 0.0655. The zero-order chi connectivity index (χ0) is 18.5. The Balaban J connectivity index is 1.64. The Labute approximate surface area is 153 Å². The van der Waals surface area contributed by atoms with Crippen LogP contribution >= 0.6 is 11.3 Å². The fourth-order valence-electron chi connectivity index (χ4n) is 2.49. The van der Waals surface area contributed by atoms with E-state index in [1.807, 2.05) is 24.3 Å². The number of hydrogen-bond acceptors (Lipinski definition) is 4. The first-order valence-electron chi connectivity index (χ1n) is 7.89. The first-order valence-corrected chi connectivity index (χ1v) is 8.77. The smallest absolute Gasteiger partial charge is 0.226 e. The molecule has 0 unspecified atom stereocenters. The Hall–Kier alpha value is -2.80. The van der Waals surface area contributed by atoms with E-state index in [4.69, 9.17) is 4.74 Å². The van der Waals surface area contributed by atoms with Crippen LogP contribution in [0.5, 0.6) is 5.75 Å². The molecule has 1 N–H and O–H groups in total. The normalized spacial score (nSPS) is 10.6. The topological polar surface area (TPSA) is 51.2 Å². The lowest BCUT2D eigenvalue weighted by Crippen LogP contribution is -2.12. The summed E-state index contributed by atoms with van der Waals surface area (Å²) < 4.78 is 32.4. The van der Waals surface area contributed by atoms with Crippen molar-refractivity contribution in [1.82, 2.24) is 4.98 Å². The minimum atomic E-state index is -0.564. The number of carbonyl (C=O) groups is 1. The molecule has 4 nitrogen and oxygen atoms in total. The number of amides is 1.